The number of methoxy groups -OCH3 is 1. The number of hydrogen-bond acceptors (Lipinski definition) is 3. The minimum absolute atomic E-state index is 0.0771. The maximum Gasteiger partial charge on any atom is 0.230 e. The number of carbonyl (C=O) groups excluding carboxylic acids is 1. The van der Waals surface area contributed by atoms with E-state index < -0.39 is 0 Å². The molecule has 0 unspecified atom stereocenters. The van der Waals surface area contributed by atoms with Crippen LogP contribution in [0.3, 0.4) is 0 Å². The van der Waals surface area contributed by atoms with Gasteiger partial charge in [-0.15, -0.1) is 0 Å². The molecule has 1 heterocycles. The lowest BCUT2D eigenvalue weighted by Crippen LogP contribution is -2.41. The molecule has 5 heteroatoms. The van der Waals surface area contributed by atoms with Crippen LogP contribution in [0, 0.1) is 11.8 Å². The summed E-state index contributed by atoms with van der Waals surface area (Å²) in [6.07, 6.45) is 1.65. The van der Waals surface area contributed by atoms with Crippen LogP contribution in [-0.4, -0.2) is 45.1 Å². The smallest absolute Gasteiger partial charge is 0.230 e. The zero-order valence-corrected chi connectivity index (χ0v) is 19.4. The highest BCUT2D eigenvalue weighted by Crippen LogP contribution is 2.41. The van der Waals surface area contributed by atoms with Crippen molar-refractivity contribution in [2.75, 3.05) is 39.2 Å². The summed E-state index contributed by atoms with van der Waals surface area (Å²) in [7, 11) is 5.75. The second-order valence-electron chi connectivity index (χ2n) is 8.89. The molecule has 0 N–H and O–H groups in total. The molecule has 30 heavy (non-hydrogen) atoms. The Morgan fingerprint density at radius 2 is 1.87 bits per heavy atom. The van der Waals surface area contributed by atoms with Gasteiger partial charge in [-0.05, 0) is 80.2 Å². The minimum Gasteiger partial charge on any atom is -0.497 e. The zero-order chi connectivity index (χ0) is 21.8. The summed E-state index contributed by atoms with van der Waals surface area (Å²) in [5.41, 5.74) is 3.31. The molecule has 0 saturated carbocycles. The number of benzene rings is 2. The van der Waals surface area contributed by atoms with E-state index in [4.69, 9.17) is 16.3 Å². The van der Waals surface area contributed by atoms with Gasteiger partial charge >= 0.3 is 0 Å². The van der Waals surface area contributed by atoms with Crippen molar-refractivity contribution in [2.24, 2.45) is 11.8 Å². The molecule has 4 nitrogen and oxygen atoms in total. The highest BCUT2D eigenvalue weighted by molar-refractivity contribution is 6.30. The number of halogens is 1. The second-order valence-corrected chi connectivity index (χ2v) is 9.32. The van der Waals surface area contributed by atoms with Gasteiger partial charge in [0.25, 0.3) is 0 Å². The molecule has 2 aromatic rings. The predicted octanol–water partition coefficient (Wildman–Crippen LogP) is 5.25. The molecule has 1 aliphatic rings. The monoisotopic (exact) mass is 428 g/mol. The molecule has 0 spiro atoms. The summed E-state index contributed by atoms with van der Waals surface area (Å²) < 4.78 is 5.34. The van der Waals surface area contributed by atoms with Crippen molar-refractivity contribution in [3.63, 3.8) is 0 Å². The Balaban J connectivity index is 2.08. The molecular formula is C25H33ClN2O2. The topological polar surface area (TPSA) is 32.8 Å². The first kappa shape index (κ1) is 22.6. The number of hydrogen-bond donors (Lipinski definition) is 0. The van der Waals surface area contributed by atoms with E-state index in [1.165, 1.54) is 5.56 Å². The molecule has 0 fully saturated rings. The van der Waals surface area contributed by atoms with Crippen LogP contribution >= 0.6 is 11.6 Å². The summed E-state index contributed by atoms with van der Waals surface area (Å²) in [4.78, 5) is 18.0. The van der Waals surface area contributed by atoms with Crippen LogP contribution in [-0.2, 0) is 11.2 Å². The van der Waals surface area contributed by atoms with Crippen LogP contribution in [0.2, 0.25) is 5.02 Å². The van der Waals surface area contributed by atoms with Gasteiger partial charge in [-0.2, -0.15) is 0 Å². The zero-order valence-electron chi connectivity index (χ0n) is 18.7. The number of likely N-dealkylation sites (N-methyl/N-ethyl adjacent to an activating group) is 1. The number of nitrogens with zero attached hydrogens (tertiary/aromatic N) is 2. The average molecular weight is 429 g/mol. The van der Waals surface area contributed by atoms with E-state index in [2.05, 4.69) is 30.9 Å². The molecule has 162 valence electrons. The first-order valence-electron chi connectivity index (χ1n) is 10.7. The van der Waals surface area contributed by atoms with E-state index in [-0.39, 0.29) is 17.7 Å². The van der Waals surface area contributed by atoms with Gasteiger partial charge < -0.3 is 14.5 Å². The van der Waals surface area contributed by atoms with E-state index in [0.29, 0.717) is 17.5 Å². The first-order chi connectivity index (χ1) is 14.3. The number of anilines is 1. The van der Waals surface area contributed by atoms with Gasteiger partial charge in [0.05, 0.1) is 7.11 Å². The Labute approximate surface area is 185 Å². The third kappa shape index (κ3) is 5.16. The van der Waals surface area contributed by atoms with E-state index in [1.807, 2.05) is 49.3 Å². The molecule has 2 atom stereocenters. The molecule has 0 aliphatic carbocycles. The van der Waals surface area contributed by atoms with E-state index in [0.717, 1.165) is 36.4 Å². The van der Waals surface area contributed by atoms with Crippen molar-refractivity contribution in [1.29, 1.82) is 0 Å². The summed E-state index contributed by atoms with van der Waals surface area (Å²) in [6.45, 7) is 5.87. The van der Waals surface area contributed by atoms with Gasteiger partial charge in [-0.25, -0.2) is 0 Å². The molecule has 2 aromatic carbocycles. The van der Waals surface area contributed by atoms with Crippen LogP contribution in [0.25, 0.3) is 0 Å². The fourth-order valence-corrected chi connectivity index (χ4v) is 4.55. The van der Waals surface area contributed by atoms with Crippen molar-refractivity contribution in [1.82, 2.24) is 4.90 Å². The largest absolute Gasteiger partial charge is 0.497 e. The standard InChI is InChI=1S/C25H33ClN2O2/c1-17(2)14-23-22(18-6-9-21(30-5)10-7-18)16-19-15-20(26)8-11-24(19)28(25(23)29)13-12-27(3)4/h6-11,15,17,22-23H,12-14,16H2,1-5H3/t22-,23+/m0/s1. The third-order valence-electron chi connectivity index (χ3n) is 5.88. The predicted molar refractivity (Wildman–Crippen MR) is 125 cm³/mol. The van der Waals surface area contributed by atoms with E-state index >= 15 is 0 Å². The number of carbonyl (C=O) groups is 1. The minimum atomic E-state index is -0.0771. The number of ether oxygens (including phenoxy) is 1. The summed E-state index contributed by atoms with van der Waals surface area (Å²) in [6, 6.07) is 14.1. The molecular weight excluding hydrogens is 396 g/mol. The highest BCUT2D eigenvalue weighted by Gasteiger charge is 2.38. The Kier molecular flexibility index (Phi) is 7.43. The van der Waals surface area contributed by atoms with E-state index in [9.17, 15) is 4.79 Å². The average Bonchev–Trinajstić information content (AvgIpc) is 2.81. The Hall–Kier alpha value is -2.04. The van der Waals surface area contributed by atoms with Crippen molar-refractivity contribution < 1.29 is 9.53 Å². The SMILES string of the molecule is COc1ccc([C@@H]2Cc3cc(Cl)ccc3N(CCN(C)C)C(=O)[C@@H]2CC(C)C)cc1. The number of fused-ring (bicyclic) bond motifs is 1. The van der Waals surface area contributed by atoms with Crippen LogP contribution in [0.1, 0.15) is 37.3 Å². The maximum atomic E-state index is 13.9. The van der Waals surface area contributed by atoms with Crippen molar-refractivity contribution in [3.8, 4) is 5.75 Å². The van der Waals surface area contributed by atoms with Crippen LogP contribution in [0.4, 0.5) is 5.69 Å². The quantitative estimate of drug-likeness (QED) is 0.604. The van der Waals surface area contributed by atoms with Gasteiger partial charge in [0.2, 0.25) is 5.91 Å². The van der Waals surface area contributed by atoms with Crippen molar-refractivity contribution in [3.05, 3.63) is 58.6 Å². The molecule has 1 aliphatic heterocycles. The Morgan fingerprint density at radius 3 is 2.47 bits per heavy atom. The summed E-state index contributed by atoms with van der Waals surface area (Å²) in [5, 5.41) is 0.713. The van der Waals surface area contributed by atoms with Crippen LogP contribution in [0.5, 0.6) is 5.75 Å². The molecule has 3 rings (SSSR count). The molecule has 0 aromatic heterocycles. The second kappa shape index (κ2) is 9.84. The fourth-order valence-electron chi connectivity index (χ4n) is 4.36. The van der Waals surface area contributed by atoms with Gasteiger partial charge in [-0.1, -0.05) is 37.6 Å². The lowest BCUT2D eigenvalue weighted by atomic mass is 9.78. The van der Waals surface area contributed by atoms with Gasteiger partial charge in [0.1, 0.15) is 5.75 Å². The maximum absolute atomic E-state index is 13.9. The van der Waals surface area contributed by atoms with E-state index in [1.54, 1.807) is 7.11 Å². The molecule has 0 radical (unpaired) electrons. The summed E-state index contributed by atoms with van der Waals surface area (Å²) in [5.74, 6) is 1.50. The normalized spacial score (nSPS) is 19.2. The first-order valence-corrected chi connectivity index (χ1v) is 11.1. The van der Waals surface area contributed by atoms with Crippen LogP contribution < -0.4 is 9.64 Å². The lowest BCUT2D eigenvalue weighted by Gasteiger charge is -2.30. The molecule has 0 saturated heterocycles. The van der Waals surface area contributed by atoms with Gasteiger partial charge in [-0.3, -0.25) is 4.79 Å². The van der Waals surface area contributed by atoms with Crippen LogP contribution in [0.15, 0.2) is 42.5 Å². The Morgan fingerprint density at radius 1 is 1.17 bits per heavy atom. The summed E-state index contributed by atoms with van der Waals surface area (Å²) >= 11 is 6.37. The third-order valence-corrected chi connectivity index (χ3v) is 6.12. The lowest BCUT2D eigenvalue weighted by molar-refractivity contribution is -0.123. The fraction of sp³-hybridized carbons (Fsp3) is 0.480. The highest BCUT2D eigenvalue weighted by atomic mass is 35.5. The molecule has 0 bridgehead atoms. The Bertz CT molecular complexity index is 864. The van der Waals surface area contributed by atoms with Gasteiger partial charge in [0.15, 0.2) is 0 Å². The van der Waals surface area contributed by atoms with Crippen molar-refractivity contribution in [2.45, 2.75) is 32.6 Å². The number of amides is 1. The number of rotatable bonds is 7. The van der Waals surface area contributed by atoms with Gasteiger partial charge in [0, 0.05) is 29.7 Å². The van der Waals surface area contributed by atoms with Crippen molar-refractivity contribution >= 4 is 23.2 Å². The molecule has 1 amide bonds.